The molecule has 0 aliphatic rings. The Balaban J connectivity index is 4.63. The van der Waals surface area contributed by atoms with Crippen LogP contribution in [0.5, 0.6) is 0 Å². The fourth-order valence-corrected chi connectivity index (χ4v) is 1.83. The molecular formula is C16H31NO4. The van der Waals surface area contributed by atoms with Crippen molar-refractivity contribution >= 4 is 11.9 Å². The molecule has 124 valence electrons. The fourth-order valence-electron chi connectivity index (χ4n) is 1.83. The highest BCUT2D eigenvalue weighted by molar-refractivity contribution is 5.80. The summed E-state index contributed by atoms with van der Waals surface area (Å²) >= 11 is 0. The van der Waals surface area contributed by atoms with E-state index in [0.29, 0.717) is 6.42 Å². The highest BCUT2D eigenvalue weighted by Gasteiger charge is 2.26. The Morgan fingerprint density at radius 3 is 2.24 bits per heavy atom. The molecule has 0 saturated carbocycles. The number of unbranched alkanes of at least 4 members (excludes halogenated alkanes) is 1. The van der Waals surface area contributed by atoms with Crippen molar-refractivity contribution in [2.75, 3.05) is 0 Å². The van der Waals surface area contributed by atoms with Crippen LogP contribution in [-0.2, 0) is 9.53 Å². The van der Waals surface area contributed by atoms with Crippen molar-refractivity contribution < 1.29 is 19.4 Å². The van der Waals surface area contributed by atoms with Crippen molar-refractivity contribution in [1.29, 1.82) is 0 Å². The second-order valence-electron chi connectivity index (χ2n) is 6.79. The minimum absolute atomic E-state index is 0.00464. The summed E-state index contributed by atoms with van der Waals surface area (Å²) in [6.07, 6.45) is 1.08. The average Bonchev–Trinajstić information content (AvgIpc) is 2.31. The highest BCUT2D eigenvalue weighted by atomic mass is 16.6. The van der Waals surface area contributed by atoms with Crippen LogP contribution in [0, 0.1) is 5.92 Å². The normalized spacial score (nSPS) is 14.7. The maximum absolute atomic E-state index is 11.8. The topological polar surface area (TPSA) is 75.6 Å². The van der Waals surface area contributed by atoms with Crippen LogP contribution < -0.4 is 5.32 Å². The van der Waals surface area contributed by atoms with Crippen LogP contribution in [0.3, 0.4) is 0 Å². The molecule has 2 N–H and O–H groups in total. The van der Waals surface area contributed by atoms with Gasteiger partial charge in [0, 0.05) is 12.3 Å². The van der Waals surface area contributed by atoms with Crippen LogP contribution in [0.25, 0.3) is 0 Å². The van der Waals surface area contributed by atoms with Gasteiger partial charge in [0.05, 0.1) is 12.1 Å². The Morgan fingerprint density at radius 2 is 1.81 bits per heavy atom. The Bertz CT molecular complexity index is 334. The summed E-state index contributed by atoms with van der Waals surface area (Å²) in [5.41, 5.74) is -0.585. The molecule has 0 aromatic heterocycles. The van der Waals surface area contributed by atoms with Crippen LogP contribution in [0.1, 0.15) is 67.2 Å². The summed E-state index contributed by atoms with van der Waals surface area (Å²) in [6.45, 7) is 11.0. The van der Waals surface area contributed by atoms with Crippen molar-refractivity contribution in [1.82, 2.24) is 5.32 Å². The van der Waals surface area contributed by atoms with Crippen molar-refractivity contribution in [3.05, 3.63) is 0 Å². The molecule has 0 aliphatic heterocycles. The zero-order valence-corrected chi connectivity index (χ0v) is 14.2. The minimum atomic E-state index is -0.876. The fraction of sp³-hybridized carbons (Fsp3) is 0.875. The minimum Gasteiger partial charge on any atom is -0.444 e. The molecule has 5 nitrogen and oxygen atoms in total. The molecule has 0 bridgehead atoms. The largest absolute Gasteiger partial charge is 0.444 e. The number of aliphatic hydroxyl groups excluding tert-OH is 1. The van der Waals surface area contributed by atoms with Crippen LogP contribution in [-0.4, -0.2) is 34.7 Å². The number of aliphatic hydroxyl groups is 1. The smallest absolute Gasteiger partial charge is 0.407 e. The van der Waals surface area contributed by atoms with E-state index in [0.717, 1.165) is 12.8 Å². The van der Waals surface area contributed by atoms with E-state index in [1.807, 2.05) is 6.92 Å². The number of nitrogens with one attached hydrogen (secondary N) is 1. The second-order valence-corrected chi connectivity index (χ2v) is 6.79. The van der Waals surface area contributed by atoms with Gasteiger partial charge in [-0.25, -0.2) is 4.79 Å². The molecule has 0 unspecified atom stereocenters. The summed E-state index contributed by atoms with van der Waals surface area (Å²) in [5.74, 6) is -0.122. The third-order valence-electron chi connectivity index (χ3n) is 3.09. The lowest BCUT2D eigenvalue weighted by atomic mass is 9.96. The Labute approximate surface area is 128 Å². The van der Waals surface area contributed by atoms with Gasteiger partial charge in [0.2, 0.25) is 0 Å². The van der Waals surface area contributed by atoms with Crippen molar-refractivity contribution in [3.8, 4) is 0 Å². The second kappa shape index (κ2) is 9.03. The molecule has 0 aromatic rings. The lowest BCUT2D eigenvalue weighted by molar-refractivity contribution is -0.124. The molecule has 0 radical (unpaired) electrons. The van der Waals surface area contributed by atoms with Gasteiger partial charge in [0.15, 0.2) is 0 Å². The molecule has 2 atom stereocenters. The first-order valence-corrected chi connectivity index (χ1v) is 7.77. The average molecular weight is 301 g/mol. The van der Waals surface area contributed by atoms with Gasteiger partial charge in [-0.1, -0.05) is 33.6 Å². The Hall–Kier alpha value is -1.10. The molecule has 0 aliphatic carbocycles. The number of amides is 1. The maximum atomic E-state index is 11.8. The molecule has 0 spiro atoms. The van der Waals surface area contributed by atoms with Gasteiger partial charge in [0.25, 0.3) is 0 Å². The first-order chi connectivity index (χ1) is 9.56. The van der Waals surface area contributed by atoms with E-state index in [1.54, 1.807) is 34.6 Å². The molecule has 21 heavy (non-hydrogen) atoms. The van der Waals surface area contributed by atoms with E-state index in [2.05, 4.69) is 5.32 Å². The lowest BCUT2D eigenvalue weighted by Gasteiger charge is -2.26. The number of carbonyl (C=O) groups is 2. The van der Waals surface area contributed by atoms with E-state index in [1.165, 1.54) is 0 Å². The first-order valence-electron chi connectivity index (χ1n) is 7.77. The zero-order valence-electron chi connectivity index (χ0n) is 14.2. The van der Waals surface area contributed by atoms with Gasteiger partial charge < -0.3 is 15.2 Å². The van der Waals surface area contributed by atoms with Gasteiger partial charge in [0.1, 0.15) is 11.4 Å². The number of Topliss-reactive ketones (excluding diaryl/α,β-unsaturated/α-hetero) is 1. The Kier molecular flexibility index (Phi) is 8.55. The van der Waals surface area contributed by atoms with Gasteiger partial charge >= 0.3 is 6.09 Å². The summed E-state index contributed by atoms with van der Waals surface area (Å²) in [4.78, 5) is 23.6. The number of rotatable bonds is 8. The van der Waals surface area contributed by atoms with Gasteiger partial charge in [-0.15, -0.1) is 0 Å². The zero-order chi connectivity index (χ0) is 16.6. The number of hydrogen-bond acceptors (Lipinski definition) is 4. The van der Waals surface area contributed by atoms with Crippen LogP contribution in [0.15, 0.2) is 0 Å². The molecule has 5 heteroatoms. The van der Waals surface area contributed by atoms with Gasteiger partial charge in [-0.3, -0.25) is 4.79 Å². The number of ketones is 1. The highest BCUT2D eigenvalue weighted by Crippen LogP contribution is 2.13. The number of alkyl carbamates (subject to hydrolysis) is 1. The predicted octanol–water partition coefficient (Wildman–Crippen LogP) is 3.05. The molecule has 1 amide bonds. The van der Waals surface area contributed by atoms with E-state index >= 15 is 0 Å². The molecule has 0 aromatic carbocycles. The van der Waals surface area contributed by atoms with E-state index < -0.39 is 23.8 Å². The summed E-state index contributed by atoms with van der Waals surface area (Å²) in [5, 5.41) is 12.9. The van der Waals surface area contributed by atoms with Gasteiger partial charge in [-0.05, 0) is 27.2 Å². The quantitative estimate of drug-likeness (QED) is 0.722. The number of ether oxygens (including phenoxy) is 1. The third kappa shape index (κ3) is 9.45. The molecule has 0 saturated heterocycles. The standard InChI is InChI=1S/C16H31NO4/c1-7-8-9-12(14(19)10-13(18)11(2)3)17-15(20)21-16(4,5)6/h11-12,14,19H,7-10H2,1-6H3,(H,17,20)/t12-,14+/m0/s1. The lowest BCUT2D eigenvalue weighted by Crippen LogP contribution is -2.46. The maximum Gasteiger partial charge on any atom is 0.407 e. The molecule has 0 fully saturated rings. The van der Waals surface area contributed by atoms with Crippen LogP contribution in [0.4, 0.5) is 4.79 Å². The summed E-state index contributed by atoms with van der Waals surface area (Å²) in [6, 6.07) is -0.456. The first kappa shape index (κ1) is 19.9. The van der Waals surface area contributed by atoms with Crippen LogP contribution >= 0.6 is 0 Å². The van der Waals surface area contributed by atoms with Gasteiger partial charge in [-0.2, -0.15) is 0 Å². The Morgan fingerprint density at radius 1 is 1.24 bits per heavy atom. The number of carbonyl (C=O) groups excluding carboxylic acids is 2. The van der Waals surface area contributed by atoms with Crippen molar-refractivity contribution in [2.24, 2.45) is 5.92 Å². The van der Waals surface area contributed by atoms with Crippen molar-refractivity contribution in [3.63, 3.8) is 0 Å². The number of hydrogen-bond donors (Lipinski definition) is 2. The van der Waals surface area contributed by atoms with E-state index in [9.17, 15) is 14.7 Å². The third-order valence-corrected chi connectivity index (χ3v) is 3.09. The monoisotopic (exact) mass is 301 g/mol. The van der Waals surface area contributed by atoms with Crippen LogP contribution in [0.2, 0.25) is 0 Å². The SMILES string of the molecule is CCCC[C@H](NC(=O)OC(C)(C)C)[C@H](O)CC(=O)C(C)C. The summed E-state index contributed by atoms with van der Waals surface area (Å²) in [7, 11) is 0. The summed E-state index contributed by atoms with van der Waals surface area (Å²) < 4.78 is 5.20. The molecule has 0 rings (SSSR count). The predicted molar refractivity (Wildman–Crippen MR) is 83.2 cm³/mol. The molecular weight excluding hydrogens is 270 g/mol. The molecule has 0 heterocycles. The van der Waals surface area contributed by atoms with Crippen molar-refractivity contribution in [2.45, 2.75) is 85.0 Å². The van der Waals surface area contributed by atoms with E-state index in [-0.39, 0.29) is 18.1 Å². The van der Waals surface area contributed by atoms with E-state index in [4.69, 9.17) is 4.74 Å².